The number of nitrogens with one attached hydrogen (secondary N) is 1. The molecular formula is C27H34Cl3N5O2. The van der Waals surface area contributed by atoms with Crippen molar-refractivity contribution in [2.75, 3.05) is 43.4 Å². The number of rotatable bonds is 6. The van der Waals surface area contributed by atoms with Gasteiger partial charge in [-0.25, -0.2) is 4.79 Å². The summed E-state index contributed by atoms with van der Waals surface area (Å²) in [6.07, 6.45) is 3.15. The van der Waals surface area contributed by atoms with Crippen LogP contribution in [0.15, 0.2) is 36.4 Å². The van der Waals surface area contributed by atoms with E-state index in [0.29, 0.717) is 28.2 Å². The number of amides is 3. The maximum Gasteiger partial charge on any atom is 0.314 e. The Morgan fingerprint density at radius 1 is 0.973 bits per heavy atom. The van der Waals surface area contributed by atoms with Crippen LogP contribution in [0.25, 0.3) is 0 Å². The molecule has 200 valence electrons. The summed E-state index contributed by atoms with van der Waals surface area (Å²) in [6, 6.07) is 11.1. The van der Waals surface area contributed by atoms with Gasteiger partial charge in [0, 0.05) is 60.9 Å². The van der Waals surface area contributed by atoms with E-state index in [4.69, 9.17) is 40.5 Å². The van der Waals surface area contributed by atoms with E-state index < -0.39 is 6.03 Å². The third-order valence-electron chi connectivity index (χ3n) is 7.63. The number of carbonyl (C=O) groups is 2. The Morgan fingerprint density at radius 2 is 1.65 bits per heavy atom. The van der Waals surface area contributed by atoms with Gasteiger partial charge in [-0.3, -0.25) is 4.79 Å². The zero-order valence-electron chi connectivity index (χ0n) is 21.2. The summed E-state index contributed by atoms with van der Waals surface area (Å²) in [7, 11) is 1.73. The number of nitrogens with two attached hydrogens (primary N) is 1. The van der Waals surface area contributed by atoms with E-state index in [-0.39, 0.29) is 23.9 Å². The predicted octanol–water partition coefficient (Wildman–Crippen LogP) is 6.04. The highest BCUT2D eigenvalue weighted by Gasteiger charge is 2.32. The van der Waals surface area contributed by atoms with Crippen LogP contribution < -0.4 is 16.0 Å². The number of benzene rings is 2. The molecule has 1 atom stereocenters. The van der Waals surface area contributed by atoms with Crippen molar-refractivity contribution in [2.45, 2.75) is 44.7 Å². The molecule has 2 fully saturated rings. The van der Waals surface area contributed by atoms with Gasteiger partial charge in [0.1, 0.15) is 0 Å². The lowest BCUT2D eigenvalue weighted by Gasteiger charge is -2.39. The minimum atomic E-state index is -0.416. The molecule has 37 heavy (non-hydrogen) atoms. The Labute approximate surface area is 233 Å². The monoisotopic (exact) mass is 565 g/mol. The molecule has 3 amide bonds. The summed E-state index contributed by atoms with van der Waals surface area (Å²) in [4.78, 5) is 30.4. The highest BCUT2D eigenvalue weighted by molar-refractivity contribution is 6.35. The fraction of sp³-hybridized carbons (Fsp3) is 0.481. The first-order valence-corrected chi connectivity index (χ1v) is 13.8. The Hall–Kier alpha value is -2.35. The van der Waals surface area contributed by atoms with Crippen molar-refractivity contribution >= 4 is 58.1 Å². The normalized spacial score (nSPS) is 18.0. The molecule has 10 heteroatoms. The largest absolute Gasteiger partial charge is 0.377 e. The third-order valence-corrected chi connectivity index (χ3v) is 8.52. The quantitative estimate of drug-likeness (QED) is 0.447. The Bertz CT molecular complexity index is 1130. The lowest BCUT2D eigenvalue weighted by molar-refractivity contribution is -0.137. The summed E-state index contributed by atoms with van der Waals surface area (Å²) in [5.41, 5.74) is 8.25. The average Bonchev–Trinajstić information content (AvgIpc) is 2.89. The molecule has 0 radical (unpaired) electrons. The minimum Gasteiger partial charge on any atom is -0.377 e. The Kier molecular flexibility index (Phi) is 8.98. The third kappa shape index (κ3) is 6.57. The molecule has 0 bridgehead atoms. The van der Waals surface area contributed by atoms with Gasteiger partial charge < -0.3 is 25.8 Å². The summed E-state index contributed by atoms with van der Waals surface area (Å²) in [5, 5.41) is 5.32. The maximum atomic E-state index is 13.2. The van der Waals surface area contributed by atoms with Crippen LogP contribution in [0.5, 0.6) is 0 Å². The molecule has 4 rings (SSSR count). The molecule has 0 aromatic heterocycles. The van der Waals surface area contributed by atoms with E-state index in [1.165, 1.54) is 0 Å². The summed E-state index contributed by atoms with van der Waals surface area (Å²) in [5.74, 6) is 0.255. The van der Waals surface area contributed by atoms with Crippen molar-refractivity contribution in [1.29, 1.82) is 0 Å². The number of piperidine rings is 2. The number of likely N-dealkylation sites (tertiary alicyclic amines) is 1. The van der Waals surface area contributed by atoms with Gasteiger partial charge in [0.2, 0.25) is 5.91 Å². The van der Waals surface area contributed by atoms with Gasteiger partial charge in [0.15, 0.2) is 0 Å². The van der Waals surface area contributed by atoms with Gasteiger partial charge in [-0.15, -0.1) is 0 Å². The van der Waals surface area contributed by atoms with Crippen molar-refractivity contribution in [3.8, 4) is 0 Å². The van der Waals surface area contributed by atoms with E-state index in [2.05, 4.69) is 16.3 Å². The predicted molar refractivity (Wildman–Crippen MR) is 152 cm³/mol. The smallest absolute Gasteiger partial charge is 0.314 e. The summed E-state index contributed by atoms with van der Waals surface area (Å²) < 4.78 is 0. The second kappa shape index (κ2) is 12.0. The van der Waals surface area contributed by atoms with Crippen LogP contribution in [0.1, 0.15) is 44.2 Å². The van der Waals surface area contributed by atoms with E-state index in [9.17, 15) is 9.59 Å². The van der Waals surface area contributed by atoms with Gasteiger partial charge in [-0.1, -0.05) is 40.9 Å². The van der Waals surface area contributed by atoms with Crippen LogP contribution in [0.3, 0.4) is 0 Å². The molecule has 7 nitrogen and oxygen atoms in total. The number of hydrogen-bond acceptors (Lipinski definition) is 4. The van der Waals surface area contributed by atoms with Crippen LogP contribution in [-0.4, -0.2) is 61.0 Å². The van der Waals surface area contributed by atoms with Crippen molar-refractivity contribution in [3.05, 3.63) is 57.0 Å². The van der Waals surface area contributed by atoms with E-state index >= 15 is 0 Å². The minimum absolute atomic E-state index is 0.0265. The van der Waals surface area contributed by atoms with Crippen LogP contribution in [-0.2, 0) is 4.79 Å². The molecule has 0 saturated carbocycles. The highest BCUT2D eigenvalue weighted by Crippen LogP contribution is 2.34. The first-order valence-electron chi connectivity index (χ1n) is 12.7. The number of anilines is 2. The van der Waals surface area contributed by atoms with Gasteiger partial charge in [0.05, 0.1) is 16.8 Å². The van der Waals surface area contributed by atoms with Crippen molar-refractivity contribution in [2.24, 2.45) is 11.7 Å². The summed E-state index contributed by atoms with van der Waals surface area (Å²) in [6.45, 7) is 4.98. The van der Waals surface area contributed by atoms with Crippen LogP contribution in [0.2, 0.25) is 15.1 Å². The van der Waals surface area contributed by atoms with Gasteiger partial charge in [-0.2, -0.15) is 0 Å². The number of carbonyl (C=O) groups excluding carboxylic acids is 2. The Balaban J connectivity index is 1.33. The SMILES string of the molecule is CC(Nc1cc(N2CCC(C(=O)N3CCC(N(C)C(N)=O)CC3)CC2)ccc1Cl)c1ccc(Cl)cc1Cl. The van der Waals surface area contributed by atoms with Gasteiger partial charge in [-0.05, 0) is 68.5 Å². The fourth-order valence-corrected chi connectivity index (χ4v) is 6.02. The molecule has 2 aliphatic heterocycles. The van der Waals surface area contributed by atoms with E-state index in [1.54, 1.807) is 18.0 Å². The van der Waals surface area contributed by atoms with E-state index in [1.807, 2.05) is 36.1 Å². The molecule has 2 aromatic rings. The maximum absolute atomic E-state index is 13.2. The number of nitrogens with zero attached hydrogens (tertiary/aromatic N) is 3. The van der Waals surface area contributed by atoms with E-state index in [0.717, 1.165) is 55.7 Å². The molecule has 0 spiro atoms. The number of hydrogen-bond donors (Lipinski definition) is 2. The van der Waals surface area contributed by atoms with Crippen LogP contribution in [0.4, 0.5) is 16.2 Å². The highest BCUT2D eigenvalue weighted by atomic mass is 35.5. The fourth-order valence-electron chi connectivity index (χ4n) is 5.28. The average molecular weight is 567 g/mol. The molecule has 0 aliphatic carbocycles. The molecule has 2 aromatic carbocycles. The first kappa shape index (κ1) is 27.7. The zero-order chi connectivity index (χ0) is 26.7. The van der Waals surface area contributed by atoms with Crippen molar-refractivity contribution < 1.29 is 9.59 Å². The lowest BCUT2D eigenvalue weighted by Crippen LogP contribution is -2.50. The topological polar surface area (TPSA) is 81.9 Å². The lowest BCUT2D eigenvalue weighted by atomic mass is 9.93. The van der Waals surface area contributed by atoms with Gasteiger partial charge >= 0.3 is 6.03 Å². The van der Waals surface area contributed by atoms with Crippen LogP contribution in [0, 0.1) is 5.92 Å². The molecular weight excluding hydrogens is 533 g/mol. The van der Waals surface area contributed by atoms with Crippen molar-refractivity contribution in [3.63, 3.8) is 0 Å². The Morgan fingerprint density at radius 3 is 2.27 bits per heavy atom. The van der Waals surface area contributed by atoms with Crippen LogP contribution >= 0.6 is 34.8 Å². The number of halogens is 3. The molecule has 3 N–H and O–H groups in total. The number of urea groups is 1. The first-order chi connectivity index (χ1) is 17.6. The molecule has 2 saturated heterocycles. The number of primary amides is 1. The van der Waals surface area contributed by atoms with Gasteiger partial charge in [0.25, 0.3) is 0 Å². The molecule has 2 heterocycles. The standard InChI is InChI=1S/C27H34Cl3N5O2/c1-17(22-5-3-19(28)15-24(22)30)32-25-16-21(4-6-23(25)29)34-11-7-18(8-12-34)26(36)35-13-9-20(10-14-35)33(2)27(31)37/h3-6,15-18,20,32H,7-14H2,1-2H3,(H2,31,37). The second-order valence-electron chi connectivity index (χ2n) is 9.96. The molecule has 1 unspecified atom stereocenters. The molecule has 2 aliphatic rings. The second-order valence-corrected chi connectivity index (χ2v) is 11.2. The summed E-state index contributed by atoms with van der Waals surface area (Å²) >= 11 is 19.0. The van der Waals surface area contributed by atoms with Crippen molar-refractivity contribution in [1.82, 2.24) is 9.80 Å². The zero-order valence-corrected chi connectivity index (χ0v) is 23.5.